The molecule has 0 unspecified atom stereocenters. The monoisotopic (exact) mass is 204 g/mol. The SMILES string of the molecule is C=CC(=O)NC1CN(c2cccnn2)C1. The van der Waals surface area contributed by atoms with Crippen molar-refractivity contribution in [3.8, 4) is 0 Å². The summed E-state index contributed by atoms with van der Waals surface area (Å²) in [5.41, 5.74) is 0. The molecule has 2 rings (SSSR count). The van der Waals surface area contributed by atoms with E-state index < -0.39 is 0 Å². The largest absolute Gasteiger partial charge is 0.351 e. The minimum absolute atomic E-state index is 0.126. The smallest absolute Gasteiger partial charge is 0.243 e. The van der Waals surface area contributed by atoms with Crippen LogP contribution in [0, 0.1) is 0 Å². The molecule has 78 valence electrons. The lowest BCUT2D eigenvalue weighted by molar-refractivity contribution is -0.117. The molecule has 1 fully saturated rings. The number of carbonyl (C=O) groups excluding carboxylic acids is 1. The van der Waals surface area contributed by atoms with E-state index in [0.717, 1.165) is 18.9 Å². The molecule has 0 bridgehead atoms. The molecular weight excluding hydrogens is 192 g/mol. The molecule has 1 saturated heterocycles. The zero-order valence-electron chi connectivity index (χ0n) is 8.26. The minimum Gasteiger partial charge on any atom is -0.351 e. The average molecular weight is 204 g/mol. The fourth-order valence-corrected chi connectivity index (χ4v) is 1.48. The number of aromatic nitrogens is 2. The maximum Gasteiger partial charge on any atom is 0.243 e. The van der Waals surface area contributed by atoms with Gasteiger partial charge in [-0.25, -0.2) is 0 Å². The molecule has 0 spiro atoms. The van der Waals surface area contributed by atoms with Gasteiger partial charge in [-0.15, -0.1) is 5.10 Å². The van der Waals surface area contributed by atoms with Crippen LogP contribution in [0.3, 0.4) is 0 Å². The molecule has 1 aromatic heterocycles. The Labute approximate surface area is 87.8 Å². The van der Waals surface area contributed by atoms with Gasteiger partial charge in [-0.2, -0.15) is 5.10 Å². The van der Waals surface area contributed by atoms with Crippen molar-refractivity contribution in [1.29, 1.82) is 0 Å². The number of anilines is 1. The summed E-state index contributed by atoms with van der Waals surface area (Å²) < 4.78 is 0. The second-order valence-electron chi connectivity index (χ2n) is 3.40. The molecule has 1 aromatic rings. The Hall–Kier alpha value is -1.91. The van der Waals surface area contributed by atoms with Gasteiger partial charge < -0.3 is 10.2 Å². The van der Waals surface area contributed by atoms with Crippen LogP contribution in [0.25, 0.3) is 0 Å². The van der Waals surface area contributed by atoms with E-state index in [2.05, 4.69) is 27.0 Å². The van der Waals surface area contributed by atoms with E-state index in [-0.39, 0.29) is 11.9 Å². The van der Waals surface area contributed by atoms with E-state index in [4.69, 9.17) is 0 Å². The molecule has 1 aliphatic heterocycles. The fourth-order valence-electron chi connectivity index (χ4n) is 1.48. The molecule has 5 nitrogen and oxygen atoms in total. The van der Waals surface area contributed by atoms with Gasteiger partial charge in [-0.1, -0.05) is 6.58 Å². The first-order valence-electron chi connectivity index (χ1n) is 4.75. The Morgan fingerprint density at radius 1 is 1.67 bits per heavy atom. The quantitative estimate of drug-likeness (QED) is 0.702. The van der Waals surface area contributed by atoms with Crippen molar-refractivity contribution >= 4 is 11.7 Å². The van der Waals surface area contributed by atoms with Crippen molar-refractivity contribution in [2.75, 3.05) is 18.0 Å². The van der Waals surface area contributed by atoms with Gasteiger partial charge in [0.15, 0.2) is 5.82 Å². The Morgan fingerprint density at radius 2 is 2.47 bits per heavy atom. The lowest BCUT2D eigenvalue weighted by Crippen LogP contribution is -2.59. The molecule has 15 heavy (non-hydrogen) atoms. The molecule has 1 amide bonds. The highest BCUT2D eigenvalue weighted by Gasteiger charge is 2.28. The highest BCUT2D eigenvalue weighted by Crippen LogP contribution is 2.16. The lowest BCUT2D eigenvalue weighted by Gasteiger charge is -2.39. The minimum atomic E-state index is -0.126. The highest BCUT2D eigenvalue weighted by atomic mass is 16.1. The molecule has 1 aliphatic rings. The Bertz CT molecular complexity index is 359. The molecule has 0 aromatic carbocycles. The molecule has 2 heterocycles. The fraction of sp³-hybridized carbons (Fsp3) is 0.300. The van der Waals surface area contributed by atoms with E-state index in [1.54, 1.807) is 6.20 Å². The number of nitrogens with one attached hydrogen (secondary N) is 1. The molecular formula is C10H12N4O. The van der Waals surface area contributed by atoms with Crippen molar-refractivity contribution in [2.24, 2.45) is 0 Å². The van der Waals surface area contributed by atoms with E-state index >= 15 is 0 Å². The van der Waals surface area contributed by atoms with Gasteiger partial charge in [-0.3, -0.25) is 4.79 Å². The van der Waals surface area contributed by atoms with Gasteiger partial charge in [0.2, 0.25) is 5.91 Å². The van der Waals surface area contributed by atoms with Gasteiger partial charge in [-0.05, 0) is 18.2 Å². The van der Waals surface area contributed by atoms with Crippen molar-refractivity contribution in [3.63, 3.8) is 0 Å². The molecule has 5 heteroatoms. The van der Waals surface area contributed by atoms with E-state index in [0.29, 0.717) is 0 Å². The molecule has 1 N–H and O–H groups in total. The summed E-state index contributed by atoms with van der Waals surface area (Å²) in [6.45, 7) is 4.95. The van der Waals surface area contributed by atoms with Crippen molar-refractivity contribution < 1.29 is 4.79 Å². The first kappa shape index (κ1) is 9.64. The van der Waals surface area contributed by atoms with Gasteiger partial charge >= 0.3 is 0 Å². The normalized spacial score (nSPS) is 15.6. The summed E-state index contributed by atoms with van der Waals surface area (Å²) in [5.74, 6) is 0.723. The number of amides is 1. The maximum absolute atomic E-state index is 11.0. The third-order valence-corrected chi connectivity index (χ3v) is 2.30. The first-order valence-corrected chi connectivity index (χ1v) is 4.75. The predicted octanol–water partition coefficient (Wildman–Crippen LogP) is -0.0326. The van der Waals surface area contributed by atoms with Gasteiger partial charge in [0.25, 0.3) is 0 Å². The third-order valence-electron chi connectivity index (χ3n) is 2.30. The zero-order valence-corrected chi connectivity index (χ0v) is 8.26. The highest BCUT2D eigenvalue weighted by molar-refractivity contribution is 5.87. The molecule has 0 aliphatic carbocycles. The van der Waals surface area contributed by atoms with Crippen LogP contribution in [0.5, 0.6) is 0 Å². The molecule has 0 saturated carbocycles. The number of hydrogen-bond donors (Lipinski definition) is 1. The van der Waals surface area contributed by atoms with Crippen LogP contribution in [-0.4, -0.2) is 35.2 Å². The summed E-state index contributed by atoms with van der Waals surface area (Å²) in [4.78, 5) is 13.0. The van der Waals surface area contributed by atoms with E-state index in [1.165, 1.54) is 6.08 Å². The van der Waals surface area contributed by atoms with Crippen LogP contribution in [0.1, 0.15) is 0 Å². The maximum atomic E-state index is 11.0. The second kappa shape index (κ2) is 4.08. The molecule has 0 radical (unpaired) electrons. The number of nitrogens with zero attached hydrogens (tertiary/aromatic N) is 3. The van der Waals surface area contributed by atoms with Gasteiger partial charge in [0.1, 0.15) is 0 Å². The Morgan fingerprint density at radius 3 is 3.07 bits per heavy atom. The van der Waals surface area contributed by atoms with Crippen molar-refractivity contribution in [1.82, 2.24) is 15.5 Å². The summed E-state index contributed by atoms with van der Waals surface area (Å²) in [7, 11) is 0. The van der Waals surface area contributed by atoms with Crippen molar-refractivity contribution in [2.45, 2.75) is 6.04 Å². The summed E-state index contributed by atoms with van der Waals surface area (Å²) in [6, 6.07) is 3.94. The van der Waals surface area contributed by atoms with E-state index in [1.807, 2.05) is 12.1 Å². The average Bonchev–Trinajstić information content (AvgIpc) is 2.23. The van der Waals surface area contributed by atoms with Gasteiger partial charge in [0.05, 0.1) is 6.04 Å². The van der Waals surface area contributed by atoms with Crippen LogP contribution < -0.4 is 10.2 Å². The Kier molecular flexibility index (Phi) is 2.62. The van der Waals surface area contributed by atoms with E-state index in [9.17, 15) is 4.79 Å². The third kappa shape index (κ3) is 2.12. The standard InChI is InChI=1S/C10H12N4O/c1-2-10(15)12-8-6-14(7-8)9-4-3-5-11-13-9/h2-5,8H,1,6-7H2,(H,12,15). The summed E-state index contributed by atoms with van der Waals surface area (Å²) in [6.07, 6.45) is 2.92. The predicted molar refractivity (Wildman–Crippen MR) is 56.4 cm³/mol. The van der Waals surface area contributed by atoms with Crippen molar-refractivity contribution in [3.05, 3.63) is 31.0 Å². The number of hydrogen-bond acceptors (Lipinski definition) is 4. The number of rotatable bonds is 3. The molecule has 0 atom stereocenters. The van der Waals surface area contributed by atoms with Crippen LogP contribution in [0.2, 0.25) is 0 Å². The summed E-state index contributed by atoms with van der Waals surface area (Å²) >= 11 is 0. The van der Waals surface area contributed by atoms with Gasteiger partial charge in [0, 0.05) is 19.3 Å². The second-order valence-corrected chi connectivity index (χ2v) is 3.40. The lowest BCUT2D eigenvalue weighted by atomic mass is 10.1. The Balaban J connectivity index is 1.84. The summed E-state index contributed by atoms with van der Waals surface area (Å²) in [5, 5.41) is 10.6. The van der Waals surface area contributed by atoms with Crippen LogP contribution in [0.4, 0.5) is 5.82 Å². The van der Waals surface area contributed by atoms with Crippen LogP contribution in [-0.2, 0) is 4.79 Å². The first-order chi connectivity index (χ1) is 7.29. The van der Waals surface area contributed by atoms with Crippen LogP contribution >= 0.6 is 0 Å². The number of carbonyl (C=O) groups is 1. The zero-order chi connectivity index (χ0) is 10.7. The van der Waals surface area contributed by atoms with Crippen LogP contribution in [0.15, 0.2) is 31.0 Å². The topological polar surface area (TPSA) is 58.1 Å².